The number of urea groups is 1. The van der Waals surface area contributed by atoms with E-state index in [1.165, 1.54) is 0 Å². The fraction of sp³-hybridized carbons (Fsp3) is 0.357. The zero-order chi connectivity index (χ0) is 15.9. The number of hydrogen-bond acceptors (Lipinski definition) is 3. The van der Waals surface area contributed by atoms with Gasteiger partial charge in [0.05, 0.1) is 22.0 Å². The highest BCUT2D eigenvalue weighted by atomic mass is 35.5. The fourth-order valence-corrected chi connectivity index (χ4v) is 2.81. The number of carbonyl (C=O) groups is 3. The second-order valence-corrected chi connectivity index (χ2v) is 6.29. The number of rotatable bonds is 4. The van der Waals surface area contributed by atoms with Crippen LogP contribution in [0.1, 0.15) is 24.8 Å². The molecule has 0 spiro atoms. The van der Waals surface area contributed by atoms with Gasteiger partial charge < -0.3 is 10.6 Å². The molecule has 2 fully saturated rings. The lowest BCUT2D eigenvalue weighted by Crippen LogP contribution is -2.40. The van der Waals surface area contributed by atoms with E-state index in [4.69, 9.17) is 23.2 Å². The van der Waals surface area contributed by atoms with Gasteiger partial charge in [0.1, 0.15) is 6.04 Å². The molecule has 3 rings (SSSR count). The molecule has 2 aliphatic rings. The van der Waals surface area contributed by atoms with Crippen molar-refractivity contribution in [2.24, 2.45) is 0 Å². The summed E-state index contributed by atoms with van der Waals surface area (Å²) in [6.45, 7) is 0. The van der Waals surface area contributed by atoms with E-state index in [2.05, 4.69) is 16.0 Å². The van der Waals surface area contributed by atoms with Crippen LogP contribution in [0.4, 0.5) is 4.79 Å². The maximum Gasteiger partial charge on any atom is 0.322 e. The van der Waals surface area contributed by atoms with E-state index in [0.29, 0.717) is 10.0 Å². The van der Waals surface area contributed by atoms with Crippen molar-refractivity contribution in [3.05, 3.63) is 33.8 Å². The number of halogens is 2. The number of nitrogens with one attached hydrogen (secondary N) is 3. The summed E-state index contributed by atoms with van der Waals surface area (Å²) in [5, 5.41) is 8.30. The van der Waals surface area contributed by atoms with E-state index < -0.39 is 23.5 Å². The molecule has 0 radical (unpaired) electrons. The summed E-state index contributed by atoms with van der Waals surface area (Å²) in [6.07, 6.45) is 1.49. The van der Waals surface area contributed by atoms with Gasteiger partial charge in [0.25, 0.3) is 5.91 Å². The lowest BCUT2D eigenvalue weighted by Gasteiger charge is -2.19. The standard InChI is InChI=1S/C14H13Cl2N3O3/c15-8-2-1-7(5-9(8)16)14(3-4-14)19-11(20)6-10-12(21)18-13(22)17-10/h1-2,5,10H,3-4,6H2,(H,19,20)(H2,17,18,21,22). The summed E-state index contributed by atoms with van der Waals surface area (Å²) in [7, 11) is 0. The molecule has 22 heavy (non-hydrogen) atoms. The van der Waals surface area contributed by atoms with Gasteiger partial charge in [0.2, 0.25) is 5.91 Å². The van der Waals surface area contributed by atoms with Gasteiger partial charge in [-0.25, -0.2) is 4.79 Å². The van der Waals surface area contributed by atoms with Gasteiger partial charge in [0, 0.05) is 0 Å². The molecule has 8 heteroatoms. The molecule has 6 nitrogen and oxygen atoms in total. The highest BCUT2D eigenvalue weighted by molar-refractivity contribution is 6.42. The Labute approximate surface area is 136 Å². The Kier molecular flexibility index (Phi) is 3.74. The molecule has 1 saturated heterocycles. The number of imide groups is 1. The van der Waals surface area contributed by atoms with Gasteiger partial charge in [-0.2, -0.15) is 0 Å². The van der Waals surface area contributed by atoms with Crippen LogP contribution < -0.4 is 16.0 Å². The number of carbonyl (C=O) groups excluding carboxylic acids is 3. The first-order chi connectivity index (χ1) is 10.4. The Hall–Kier alpha value is -1.79. The molecule has 1 aliphatic heterocycles. The molecule has 1 aliphatic carbocycles. The second-order valence-electron chi connectivity index (χ2n) is 5.48. The average Bonchev–Trinajstić information content (AvgIpc) is 3.14. The molecule has 1 heterocycles. The van der Waals surface area contributed by atoms with Crippen molar-refractivity contribution in [3.8, 4) is 0 Å². The molecule has 4 amide bonds. The first kappa shape index (κ1) is 15.1. The van der Waals surface area contributed by atoms with Crippen LogP contribution in [0.25, 0.3) is 0 Å². The van der Waals surface area contributed by atoms with Gasteiger partial charge in [-0.15, -0.1) is 0 Å². The third-order valence-electron chi connectivity index (χ3n) is 3.85. The van der Waals surface area contributed by atoms with Gasteiger partial charge in [0.15, 0.2) is 0 Å². The smallest absolute Gasteiger partial charge is 0.322 e. The van der Waals surface area contributed by atoms with Crippen LogP contribution >= 0.6 is 23.2 Å². The summed E-state index contributed by atoms with van der Waals surface area (Å²) in [5.74, 6) is -0.787. The Morgan fingerprint density at radius 2 is 2.00 bits per heavy atom. The highest BCUT2D eigenvalue weighted by Gasteiger charge is 2.46. The Morgan fingerprint density at radius 3 is 2.55 bits per heavy atom. The number of hydrogen-bond donors (Lipinski definition) is 3. The normalized spacial score (nSPS) is 22.0. The largest absolute Gasteiger partial charge is 0.347 e. The van der Waals surface area contributed by atoms with Crippen molar-refractivity contribution < 1.29 is 14.4 Å². The van der Waals surface area contributed by atoms with Gasteiger partial charge in [-0.05, 0) is 30.5 Å². The van der Waals surface area contributed by atoms with Crippen LogP contribution in [0.3, 0.4) is 0 Å². The van der Waals surface area contributed by atoms with Crippen LogP contribution in [0.15, 0.2) is 18.2 Å². The maximum absolute atomic E-state index is 12.1. The summed E-state index contributed by atoms with van der Waals surface area (Å²) < 4.78 is 0. The molecule has 1 saturated carbocycles. The minimum absolute atomic E-state index is 0.0966. The van der Waals surface area contributed by atoms with Crippen LogP contribution in [-0.4, -0.2) is 23.9 Å². The Balaban J connectivity index is 1.67. The summed E-state index contributed by atoms with van der Waals surface area (Å²) >= 11 is 11.9. The van der Waals surface area contributed by atoms with Crippen molar-refractivity contribution in [1.82, 2.24) is 16.0 Å². The topological polar surface area (TPSA) is 87.3 Å². The zero-order valence-corrected chi connectivity index (χ0v) is 12.9. The average molecular weight is 342 g/mol. The van der Waals surface area contributed by atoms with E-state index in [1.807, 2.05) is 6.07 Å². The van der Waals surface area contributed by atoms with Crippen molar-refractivity contribution in [1.29, 1.82) is 0 Å². The van der Waals surface area contributed by atoms with E-state index in [0.717, 1.165) is 18.4 Å². The highest BCUT2D eigenvalue weighted by Crippen LogP contribution is 2.46. The number of benzene rings is 1. The molecular weight excluding hydrogens is 329 g/mol. The third kappa shape index (κ3) is 2.89. The van der Waals surface area contributed by atoms with Crippen LogP contribution in [0.2, 0.25) is 10.0 Å². The van der Waals surface area contributed by atoms with Crippen molar-refractivity contribution >= 4 is 41.0 Å². The molecule has 1 unspecified atom stereocenters. The molecule has 1 aromatic carbocycles. The van der Waals surface area contributed by atoms with E-state index in [9.17, 15) is 14.4 Å². The molecule has 0 aromatic heterocycles. The van der Waals surface area contributed by atoms with Crippen LogP contribution in [-0.2, 0) is 15.1 Å². The lowest BCUT2D eigenvalue weighted by atomic mass is 10.0. The summed E-state index contributed by atoms with van der Waals surface area (Å²) in [5.41, 5.74) is 0.430. The van der Waals surface area contributed by atoms with Crippen LogP contribution in [0, 0.1) is 0 Å². The summed E-state index contributed by atoms with van der Waals surface area (Å²) in [4.78, 5) is 34.6. The van der Waals surface area contributed by atoms with Gasteiger partial charge in [-0.1, -0.05) is 29.3 Å². The van der Waals surface area contributed by atoms with Gasteiger partial charge >= 0.3 is 6.03 Å². The molecule has 1 atom stereocenters. The zero-order valence-electron chi connectivity index (χ0n) is 11.4. The maximum atomic E-state index is 12.1. The van der Waals surface area contributed by atoms with E-state index in [1.54, 1.807) is 12.1 Å². The van der Waals surface area contributed by atoms with E-state index in [-0.39, 0.29) is 12.3 Å². The second kappa shape index (κ2) is 5.44. The van der Waals surface area contributed by atoms with Crippen molar-refractivity contribution in [3.63, 3.8) is 0 Å². The minimum Gasteiger partial charge on any atom is -0.347 e. The van der Waals surface area contributed by atoms with E-state index >= 15 is 0 Å². The molecular formula is C14H13Cl2N3O3. The van der Waals surface area contributed by atoms with Crippen molar-refractivity contribution in [2.75, 3.05) is 0 Å². The number of amides is 4. The quantitative estimate of drug-likeness (QED) is 0.728. The van der Waals surface area contributed by atoms with Crippen LogP contribution in [0.5, 0.6) is 0 Å². The minimum atomic E-state index is -0.822. The predicted molar refractivity (Wildman–Crippen MR) is 80.6 cm³/mol. The molecule has 3 N–H and O–H groups in total. The third-order valence-corrected chi connectivity index (χ3v) is 4.59. The molecule has 116 valence electrons. The Morgan fingerprint density at radius 1 is 1.27 bits per heavy atom. The Bertz CT molecular complexity index is 673. The lowest BCUT2D eigenvalue weighted by molar-refractivity contribution is -0.127. The summed E-state index contributed by atoms with van der Waals surface area (Å²) in [6, 6.07) is 3.86. The van der Waals surface area contributed by atoms with Gasteiger partial charge in [-0.3, -0.25) is 14.9 Å². The predicted octanol–water partition coefficient (Wildman–Crippen LogP) is 1.70. The first-order valence-electron chi connectivity index (χ1n) is 6.77. The van der Waals surface area contributed by atoms with Crippen molar-refractivity contribution in [2.45, 2.75) is 30.8 Å². The monoisotopic (exact) mass is 341 g/mol. The molecule has 0 bridgehead atoms. The first-order valence-corrected chi connectivity index (χ1v) is 7.53. The fourth-order valence-electron chi connectivity index (χ4n) is 2.51. The SMILES string of the molecule is O=C(CC1NC(=O)NC1=O)NC1(c2ccc(Cl)c(Cl)c2)CC1. The molecule has 1 aromatic rings.